The zero-order chi connectivity index (χ0) is 21.1. The number of hydrogen-bond donors (Lipinski definition) is 1. The Hall–Kier alpha value is -3.42. The Morgan fingerprint density at radius 1 is 0.931 bits per heavy atom. The van der Waals surface area contributed by atoms with Crippen LogP contribution < -0.4 is 24.3 Å². The fourth-order valence-electron chi connectivity index (χ4n) is 2.45. The van der Waals surface area contributed by atoms with Crippen molar-refractivity contribution in [1.82, 2.24) is 0 Å². The third kappa shape index (κ3) is 6.60. The van der Waals surface area contributed by atoms with E-state index in [0.29, 0.717) is 41.9 Å². The highest BCUT2D eigenvalue weighted by atomic mass is 16.6. The number of ether oxygens (including phenoxy) is 4. The van der Waals surface area contributed by atoms with Crippen LogP contribution in [0.25, 0.3) is 0 Å². The minimum absolute atomic E-state index is 0.235. The van der Waals surface area contributed by atoms with Gasteiger partial charge < -0.3 is 29.1 Å². The van der Waals surface area contributed by atoms with Crippen molar-refractivity contribution >= 4 is 17.8 Å². The third-order valence-electron chi connectivity index (χ3n) is 3.71. The van der Waals surface area contributed by atoms with Gasteiger partial charge in [0.05, 0.1) is 33.6 Å². The molecule has 0 saturated carbocycles. The summed E-state index contributed by atoms with van der Waals surface area (Å²) in [4.78, 5) is 17.1. The van der Waals surface area contributed by atoms with Gasteiger partial charge in [-0.2, -0.15) is 0 Å². The summed E-state index contributed by atoms with van der Waals surface area (Å²) in [6.45, 7) is 4.56. The quantitative estimate of drug-likeness (QED) is 0.457. The van der Waals surface area contributed by atoms with Crippen molar-refractivity contribution in [3.63, 3.8) is 0 Å². The van der Waals surface area contributed by atoms with Crippen LogP contribution in [0.2, 0.25) is 0 Å². The van der Waals surface area contributed by atoms with Crippen molar-refractivity contribution in [2.75, 3.05) is 39.4 Å². The smallest absolute Gasteiger partial charge is 0.265 e. The SMILES string of the molecule is CCOc1ccc(NC(=O)CO/N=C\c2ccc(OC)c(OC)c2)cc1OCC. The van der Waals surface area contributed by atoms with Crippen molar-refractivity contribution in [2.24, 2.45) is 5.16 Å². The first kappa shape index (κ1) is 21.9. The van der Waals surface area contributed by atoms with Gasteiger partial charge in [-0.05, 0) is 44.2 Å². The summed E-state index contributed by atoms with van der Waals surface area (Å²) in [5.41, 5.74) is 1.32. The molecule has 8 heteroatoms. The van der Waals surface area contributed by atoms with Gasteiger partial charge in [-0.1, -0.05) is 5.16 Å². The van der Waals surface area contributed by atoms with Crippen LogP contribution in [-0.4, -0.2) is 46.2 Å². The van der Waals surface area contributed by atoms with Gasteiger partial charge in [0.25, 0.3) is 5.91 Å². The minimum Gasteiger partial charge on any atom is -0.493 e. The molecule has 1 N–H and O–H groups in total. The molecule has 156 valence electrons. The Labute approximate surface area is 170 Å². The summed E-state index contributed by atoms with van der Waals surface area (Å²) in [5.74, 6) is 2.05. The lowest BCUT2D eigenvalue weighted by molar-refractivity contribution is -0.120. The first-order valence-electron chi connectivity index (χ1n) is 9.18. The van der Waals surface area contributed by atoms with Gasteiger partial charge in [-0.15, -0.1) is 0 Å². The molecule has 0 aromatic heterocycles. The molecule has 0 heterocycles. The van der Waals surface area contributed by atoms with E-state index in [0.717, 1.165) is 5.56 Å². The molecule has 2 aromatic carbocycles. The molecule has 0 bridgehead atoms. The van der Waals surface area contributed by atoms with Gasteiger partial charge in [0.15, 0.2) is 29.6 Å². The lowest BCUT2D eigenvalue weighted by Gasteiger charge is -2.12. The van der Waals surface area contributed by atoms with Crippen LogP contribution in [0.4, 0.5) is 5.69 Å². The summed E-state index contributed by atoms with van der Waals surface area (Å²) >= 11 is 0. The van der Waals surface area contributed by atoms with Gasteiger partial charge in [0.2, 0.25) is 0 Å². The summed E-state index contributed by atoms with van der Waals surface area (Å²) in [5, 5.41) is 6.54. The number of oxime groups is 1. The Balaban J connectivity index is 1.90. The van der Waals surface area contributed by atoms with Crippen LogP contribution in [0.1, 0.15) is 19.4 Å². The van der Waals surface area contributed by atoms with Crippen molar-refractivity contribution < 1.29 is 28.6 Å². The zero-order valence-corrected chi connectivity index (χ0v) is 17.1. The first-order valence-corrected chi connectivity index (χ1v) is 9.18. The molecule has 29 heavy (non-hydrogen) atoms. The van der Waals surface area contributed by atoms with E-state index in [1.807, 2.05) is 13.8 Å². The van der Waals surface area contributed by atoms with Gasteiger partial charge in [-0.25, -0.2) is 0 Å². The number of hydrogen-bond acceptors (Lipinski definition) is 7. The standard InChI is InChI=1S/C21H26N2O6/c1-5-27-18-10-8-16(12-20(18)28-6-2)23-21(24)14-29-22-13-15-7-9-17(25-3)19(11-15)26-4/h7-13H,5-6,14H2,1-4H3,(H,23,24)/b22-13-. The zero-order valence-electron chi connectivity index (χ0n) is 17.1. The molecule has 2 rings (SSSR count). The minimum atomic E-state index is -0.346. The second kappa shape index (κ2) is 11.4. The van der Waals surface area contributed by atoms with Crippen LogP contribution in [0.15, 0.2) is 41.6 Å². The molecule has 0 aliphatic heterocycles. The molecule has 0 atom stereocenters. The monoisotopic (exact) mass is 402 g/mol. The van der Waals surface area contributed by atoms with E-state index in [4.69, 9.17) is 23.8 Å². The molecule has 0 unspecified atom stereocenters. The molecular weight excluding hydrogens is 376 g/mol. The number of methoxy groups -OCH3 is 2. The van der Waals surface area contributed by atoms with E-state index in [-0.39, 0.29) is 12.5 Å². The van der Waals surface area contributed by atoms with Crippen molar-refractivity contribution in [3.05, 3.63) is 42.0 Å². The maximum atomic E-state index is 12.1. The largest absolute Gasteiger partial charge is 0.493 e. The van der Waals surface area contributed by atoms with Crippen molar-refractivity contribution in [2.45, 2.75) is 13.8 Å². The van der Waals surface area contributed by atoms with Crippen LogP contribution in [0.5, 0.6) is 23.0 Å². The predicted octanol–water partition coefficient (Wildman–Crippen LogP) is 3.49. The van der Waals surface area contributed by atoms with E-state index < -0.39 is 0 Å². The van der Waals surface area contributed by atoms with Crippen molar-refractivity contribution in [1.29, 1.82) is 0 Å². The highest BCUT2D eigenvalue weighted by Gasteiger charge is 2.09. The van der Waals surface area contributed by atoms with Crippen LogP contribution >= 0.6 is 0 Å². The second-order valence-corrected chi connectivity index (χ2v) is 5.70. The summed E-state index contributed by atoms with van der Waals surface area (Å²) in [7, 11) is 3.12. The lowest BCUT2D eigenvalue weighted by atomic mass is 10.2. The van der Waals surface area contributed by atoms with E-state index in [9.17, 15) is 4.79 Å². The van der Waals surface area contributed by atoms with E-state index in [2.05, 4.69) is 10.5 Å². The average molecular weight is 402 g/mol. The van der Waals surface area contributed by atoms with Crippen LogP contribution in [-0.2, 0) is 9.63 Å². The molecule has 2 aromatic rings. The Kier molecular flexibility index (Phi) is 8.62. The fourth-order valence-corrected chi connectivity index (χ4v) is 2.45. The van der Waals surface area contributed by atoms with Gasteiger partial charge in [0.1, 0.15) is 0 Å². The molecule has 8 nitrogen and oxygen atoms in total. The maximum Gasteiger partial charge on any atom is 0.265 e. The highest BCUT2D eigenvalue weighted by molar-refractivity contribution is 5.92. The third-order valence-corrected chi connectivity index (χ3v) is 3.71. The summed E-state index contributed by atoms with van der Waals surface area (Å²) < 4.78 is 21.5. The molecule has 0 aliphatic rings. The lowest BCUT2D eigenvalue weighted by Crippen LogP contribution is -2.17. The van der Waals surface area contributed by atoms with E-state index in [1.54, 1.807) is 50.6 Å². The van der Waals surface area contributed by atoms with E-state index in [1.165, 1.54) is 6.21 Å². The number of carbonyl (C=O) groups excluding carboxylic acids is 1. The predicted molar refractivity (Wildman–Crippen MR) is 111 cm³/mol. The molecule has 1 amide bonds. The number of rotatable bonds is 11. The molecule has 0 spiro atoms. The Morgan fingerprint density at radius 2 is 1.62 bits per heavy atom. The van der Waals surface area contributed by atoms with Gasteiger partial charge >= 0.3 is 0 Å². The number of anilines is 1. The number of benzene rings is 2. The highest BCUT2D eigenvalue weighted by Crippen LogP contribution is 2.30. The number of nitrogens with zero attached hydrogens (tertiary/aromatic N) is 1. The normalized spacial score (nSPS) is 10.5. The van der Waals surface area contributed by atoms with Crippen LogP contribution in [0, 0.1) is 0 Å². The summed E-state index contributed by atoms with van der Waals surface area (Å²) in [6.07, 6.45) is 1.49. The Bertz CT molecular complexity index is 838. The summed E-state index contributed by atoms with van der Waals surface area (Å²) in [6, 6.07) is 10.5. The molecule has 0 radical (unpaired) electrons. The topological polar surface area (TPSA) is 87.6 Å². The molecular formula is C21H26N2O6. The van der Waals surface area contributed by atoms with Crippen molar-refractivity contribution in [3.8, 4) is 23.0 Å². The first-order chi connectivity index (χ1) is 14.1. The Morgan fingerprint density at radius 3 is 2.31 bits per heavy atom. The fraction of sp³-hybridized carbons (Fsp3) is 0.333. The number of amides is 1. The van der Waals surface area contributed by atoms with E-state index >= 15 is 0 Å². The molecule has 0 aliphatic carbocycles. The molecule has 0 saturated heterocycles. The second-order valence-electron chi connectivity index (χ2n) is 5.70. The maximum absolute atomic E-state index is 12.1. The molecule has 0 fully saturated rings. The van der Waals surface area contributed by atoms with Gasteiger partial charge in [0, 0.05) is 17.3 Å². The average Bonchev–Trinajstić information content (AvgIpc) is 2.73. The van der Waals surface area contributed by atoms with Gasteiger partial charge in [-0.3, -0.25) is 4.79 Å². The van der Waals surface area contributed by atoms with Crippen LogP contribution in [0.3, 0.4) is 0 Å². The number of carbonyl (C=O) groups is 1. The number of nitrogens with one attached hydrogen (secondary N) is 1.